The largest absolute Gasteiger partial charge is 0.247 e. The maximum Gasteiger partial charge on any atom is 0.103 e. The lowest BCUT2D eigenvalue weighted by Gasteiger charge is -2.21. The van der Waals surface area contributed by atoms with Crippen LogP contribution in [0.4, 0.5) is 4.39 Å². The molecular weight excluding hydrogens is 129 g/mol. The fourth-order valence-corrected chi connectivity index (χ4v) is 1.01. The SMILES string of the molecule is FC1CCN(Cl)CC1. The van der Waals surface area contributed by atoms with Crippen molar-refractivity contribution in [3.8, 4) is 0 Å². The summed E-state index contributed by atoms with van der Waals surface area (Å²) in [6.07, 6.45) is 0.595. The van der Waals surface area contributed by atoms with Gasteiger partial charge in [0.25, 0.3) is 0 Å². The number of piperidine rings is 1. The minimum atomic E-state index is -0.606. The third-order valence-electron chi connectivity index (χ3n) is 1.37. The van der Waals surface area contributed by atoms with Gasteiger partial charge in [-0.25, -0.2) is 8.81 Å². The molecule has 3 heteroatoms. The minimum Gasteiger partial charge on any atom is -0.247 e. The van der Waals surface area contributed by atoms with E-state index in [2.05, 4.69) is 0 Å². The van der Waals surface area contributed by atoms with Crippen molar-refractivity contribution in [2.45, 2.75) is 19.0 Å². The molecule has 0 aromatic heterocycles. The van der Waals surface area contributed by atoms with Crippen LogP contribution in [0.1, 0.15) is 12.8 Å². The number of halogens is 2. The van der Waals surface area contributed by atoms with Crippen LogP contribution in [0.25, 0.3) is 0 Å². The number of nitrogens with zero attached hydrogens (tertiary/aromatic N) is 1. The standard InChI is InChI=1S/C5H9ClFN/c6-8-3-1-5(7)2-4-8/h5H,1-4H2. The third-order valence-corrected chi connectivity index (χ3v) is 1.71. The molecule has 0 spiro atoms. The van der Waals surface area contributed by atoms with Crippen LogP contribution >= 0.6 is 11.8 Å². The van der Waals surface area contributed by atoms with E-state index in [-0.39, 0.29) is 0 Å². The van der Waals surface area contributed by atoms with Crippen LogP contribution in [0, 0.1) is 0 Å². The zero-order valence-electron chi connectivity index (χ0n) is 4.61. The van der Waals surface area contributed by atoms with Crippen LogP contribution in [0.3, 0.4) is 0 Å². The van der Waals surface area contributed by atoms with Gasteiger partial charge in [-0.15, -0.1) is 0 Å². The Kier molecular flexibility index (Phi) is 2.08. The van der Waals surface area contributed by atoms with Crippen LogP contribution in [0.2, 0.25) is 0 Å². The lowest BCUT2D eigenvalue weighted by atomic mass is 10.1. The van der Waals surface area contributed by atoms with E-state index < -0.39 is 6.17 Å². The highest BCUT2D eigenvalue weighted by Crippen LogP contribution is 2.13. The Balaban J connectivity index is 2.19. The van der Waals surface area contributed by atoms with Gasteiger partial charge in [0, 0.05) is 13.1 Å². The Morgan fingerprint density at radius 1 is 1.38 bits per heavy atom. The Bertz CT molecular complexity index is 60.8. The average Bonchev–Trinajstić information content (AvgIpc) is 1.77. The molecule has 0 saturated carbocycles. The fourth-order valence-electron chi connectivity index (χ4n) is 0.816. The summed E-state index contributed by atoms with van der Waals surface area (Å²) in [5.74, 6) is 0. The monoisotopic (exact) mass is 137 g/mol. The summed E-state index contributed by atoms with van der Waals surface area (Å²) in [6, 6.07) is 0. The molecule has 0 unspecified atom stereocenters. The van der Waals surface area contributed by atoms with Crippen LogP contribution in [0.5, 0.6) is 0 Å². The first-order valence-electron chi connectivity index (χ1n) is 2.84. The van der Waals surface area contributed by atoms with Gasteiger partial charge in [-0.2, -0.15) is 0 Å². The Morgan fingerprint density at radius 2 is 1.88 bits per heavy atom. The van der Waals surface area contributed by atoms with Gasteiger partial charge in [-0.3, -0.25) is 0 Å². The van der Waals surface area contributed by atoms with Gasteiger partial charge in [-0.1, -0.05) is 0 Å². The highest BCUT2D eigenvalue weighted by Gasteiger charge is 2.15. The molecule has 1 aliphatic rings. The maximum atomic E-state index is 12.3. The highest BCUT2D eigenvalue weighted by molar-refractivity contribution is 6.13. The Morgan fingerprint density at radius 3 is 2.25 bits per heavy atom. The van der Waals surface area contributed by atoms with Gasteiger partial charge in [0.1, 0.15) is 6.17 Å². The van der Waals surface area contributed by atoms with Crippen molar-refractivity contribution in [1.29, 1.82) is 0 Å². The van der Waals surface area contributed by atoms with Gasteiger partial charge < -0.3 is 0 Å². The smallest absolute Gasteiger partial charge is 0.103 e. The van der Waals surface area contributed by atoms with E-state index in [4.69, 9.17) is 11.8 Å². The summed E-state index contributed by atoms with van der Waals surface area (Å²) in [4.78, 5) is 0. The second-order valence-corrected chi connectivity index (χ2v) is 2.56. The van der Waals surface area contributed by atoms with E-state index in [0.717, 1.165) is 0 Å². The van der Waals surface area contributed by atoms with Crippen molar-refractivity contribution in [3.63, 3.8) is 0 Å². The molecule has 0 amide bonds. The average molecular weight is 138 g/mol. The molecule has 0 N–H and O–H groups in total. The molecule has 1 rings (SSSR count). The second kappa shape index (κ2) is 2.65. The Hall–Kier alpha value is 0.180. The van der Waals surface area contributed by atoms with Crippen molar-refractivity contribution in [2.75, 3.05) is 13.1 Å². The summed E-state index contributed by atoms with van der Waals surface area (Å²) in [5.41, 5.74) is 0. The highest BCUT2D eigenvalue weighted by atomic mass is 35.5. The fraction of sp³-hybridized carbons (Fsp3) is 1.00. The van der Waals surface area contributed by atoms with Crippen LogP contribution < -0.4 is 0 Å². The minimum absolute atomic E-state index is 0.601. The van der Waals surface area contributed by atoms with Gasteiger partial charge in [0.15, 0.2) is 0 Å². The summed E-state index contributed by atoms with van der Waals surface area (Å²) in [6.45, 7) is 1.39. The summed E-state index contributed by atoms with van der Waals surface area (Å²) >= 11 is 5.55. The molecule has 0 radical (unpaired) electrons. The van der Waals surface area contributed by atoms with E-state index in [9.17, 15) is 4.39 Å². The van der Waals surface area contributed by atoms with E-state index in [1.807, 2.05) is 0 Å². The molecule has 48 valence electrons. The van der Waals surface area contributed by atoms with E-state index >= 15 is 0 Å². The predicted molar refractivity (Wildman–Crippen MR) is 31.6 cm³/mol. The van der Waals surface area contributed by atoms with E-state index in [0.29, 0.717) is 25.9 Å². The molecule has 1 nitrogen and oxygen atoms in total. The molecule has 8 heavy (non-hydrogen) atoms. The van der Waals surface area contributed by atoms with Gasteiger partial charge >= 0.3 is 0 Å². The van der Waals surface area contributed by atoms with Gasteiger partial charge in [0.2, 0.25) is 0 Å². The third kappa shape index (κ3) is 1.60. The number of rotatable bonds is 0. The van der Waals surface area contributed by atoms with E-state index in [1.165, 1.54) is 0 Å². The van der Waals surface area contributed by atoms with Crippen molar-refractivity contribution in [2.24, 2.45) is 0 Å². The molecule has 1 saturated heterocycles. The molecule has 0 bridgehead atoms. The topological polar surface area (TPSA) is 3.24 Å². The first-order valence-corrected chi connectivity index (χ1v) is 3.17. The lowest BCUT2D eigenvalue weighted by Crippen LogP contribution is -2.26. The summed E-state index contributed by atoms with van der Waals surface area (Å²) in [7, 11) is 0. The van der Waals surface area contributed by atoms with Crippen molar-refractivity contribution in [1.82, 2.24) is 4.42 Å². The molecule has 0 aliphatic carbocycles. The Labute approximate surface area is 53.5 Å². The van der Waals surface area contributed by atoms with Crippen molar-refractivity contribution >= 4 is 11.8 Å². The molecular formula is C5H9ClFN. The molecule has 0 atom stereocenters. The normalized spacial score (nSPS) is 26.2. The van der Waals surface area contributed by atoms with Gasteiger partial charge in [-0.05, 0) is 24.6 Å². The molecule has 1 fully saturated rings. The molecule has 0 aromatic rings. The predicted octanol–water partition coefficient (Wildman–Crippen LogP) is 1.57. The van der Waals surface area contributed by atoms with Crippen LogP contribution in [-0.2, 0) is 0 Å². The molecule has 0 aromatic carbocycles. The number of alkyl halides is 1. The van der Waals surface area contributed by atoms with Crippen LogP contribution in [0.15, 0.2) is 0 Å². The molecule has 1 aliphatic heterocycles. The second-order valence-electron chi connectivity index (χ2n) is 2.08. The number of hydrogen-bond acceptors (Lipinski definition) is 1. The maximum absolute atomic E-state index is 12.3. The lowest BCUT2D eigenvalue weighted by molar-refractivity contribution is 0.214. The van der Waals surface area contributed by atoms with Gasteiger partial charge in [0.05, 0.1) is 0 Å². The summed E-state index contributed by atoms with van der Waals surface area (Å²) < 4.78 is 13.9. The first-order chi connectivity index (χ1) is 3.79. The van der Waals surface area contributed by atoms with Crippen molar-refractivity contribution < 1.29 is 4.39 Å². The summed E-state index contributed by atoms with van der Waals surface area (Å²) in [5, 5.41) is 0. The quantitative estimate of drug-likeness (QED) is 0.458. The zero-order valence-corrected chi connectivity index (χ0v) is 5.36. The van der Waals surface area contributed by atoms with E-state index in [1.54, 1.807) is 4.42 Å². The van der Waals surface area contributed by atoms with Crippen LogP contribution in [-0.4, -0.2) is 23.7 Å². The first kappa shape index (κ1) is 6.30. The molecule has 1 heterocycles. The number of hydrogen-bond donors (Lipinski definition) is 0. The van der Waals surface area contributed by atoms with Crippen molar-refractivity contribution in [3.05, 3.63) is 0 Å². The zero-order chi connectivity index (χ0) is 5.98.